The molecule has 0 saturated carbocycles. The molecule has 2 amide bonds. The number of rotatable bonds is 5. The Kier molecular flexibility index (Phi) is 5.92. The Balaban J connectivity index is 1.77. The molecule has 0 radical (unpaired) electrons. The predicted molar refractivity (Wildman–Crippen MR) is 92.3 cm³/mol. The number of hydrogen-bond donors (Lipinski definition) is 2. The summed E-state index contributed by atoms with van der Waals surface area (Å²) in [5.74, 6) is -1.22. The molecule has 120 valence electrons. The molecule has 0 aliphatic rings. The van der Waals surface area contributed by atoms with Gasteiger partial charge in [-0.05, 0) is 49.4 Å². The van der Waals surface area contributed by atoms with Crippen molar-refractivity contribution in [1.82, 2.24) is 5.32 Å². The van der Waals surface area contributed by atoms with E-state index in [-0.39, 0.29) is 0 Å². The van der Waals surface area contributed by atoms with Crippen LogP contribution in [0.25, 0.3) is 0 Å². The second kappa shape index (κ2) is 8.13. The van der Waals surface area contributed by atoms with E-state index in [2.05, 4.69) is 22.8 Å². The van der Waals surface area contributed by atoms with Gasteiger partial charge in [-0.25, -0.2) is 0 Å². The van der Waals surface area contributed by atoms with Gasteiger partial charge in [-0.3, -0.25) is 9.59 Å². The number of amides is 2. The topological polar surface area (TPSA) is 58.2 Å². The fourth-order valence-electron chi connectivity index (χ4n) is 2.28. The van der Waals surface area contributed by atoms with E-state index in [0.717, 1.165) is 24.0 Å². The van der Waals surface area contributed by atoms with Gasteiger partial charge in [0.25, 0.3) is 0 Å². The summed E-state index contributed by atoms with van der Waals surface area (Å²) >= 11 is 0. The molecule has 0 aliphatic carbocycles. The zero-order valence-electron chi connectivity index (χ0n) is 13.6. The number of aryl methyl sites for hydroxylation is 2. The molecular formula is C19H22N2O2. The standard InChI is InChI=1S/C19H22N2O2/c1-14-8-6-12-17(15(14)2)21-19(23)18(22)20-13-7-11-16-9-4-3-5-10-16/h3-6,8-10,12H,7,11,13H2,1-2H3,(H,20,22)(H,21,23). The molecule has 2 aromatic rings. The Morgan fingerprint density at radius 1 is 0.913 bits per heavy atom. The molecule has 0 aliphatic heterocycles. The highest BCUT2D eigenvalue weighted by Crippen LogP contribution is 2.17. The molecule has 0 unspecified atom stereocenters. The Labute approximate surface area is 136 Å². The molecule has 0 atom stereocenters. The van der Waals surface area contributed by atoms with Gasteiger partial charge in [-0.1, -0.05) is 42.5 Å². The average Bonchev–Trinajstić information content (AvgIpc) is 2.56. The molecule has 2 N–H and O–H groups in total. The number of nitrogens with one attached hydrogen (secondary N) is 2. The fourth-order valence-corrected chi connectivity index (χ4v) is 2.28. The van der Waals surface area contributed by atoms with Crippen molar-refractivity contribution in [2.24, 2.45) is 0 Å². The molecule has 23 heavy (non-hydrogen) atoms. The van der Waals surface area contributed by atoms with Crippen molar-refractivity contribution in [3.63, 3.8) is 0 Å². The first kappa shape index (κ1) is 16.7. The van der Waals surface area contributed by atoms with Gasteiger partial charge < -0.3 is 10.6 Å². The molecule has 0 saturated heterocycles. The SMILES string of the molecule is Cc1cccc(NC(=O)C(=O)NCCCc2ccccc2)c1C. The zero-order chi connectivity index (χ0) is 16.7. The first-order chi connectivity index (χ1) is 11.1. The highest BCUT2D eigenvalue weighted by atomic mass is 16.2. The van der Waals surface area contributed by atoms with Crippen molar-refractivity contribution >= 4 is 17.5 Å². The van der Waals surface area contributed by atoms with Gasteiger partial charge in [0.15, 0.2) is 0 Å². The summed E-state index contributed by atoms with van der Waals surface area (Å²) in [6, 6.07) is 15.7. The van der Waals surface area contributed by atoms with E-state index >= 15 is 0 Å². The van der Waals surface area contributed by atoms with Gasteiger partial charge in [-0.15, -0.1) is 0 Å². The first-order valence-electron chi connectivity index (χ1n) is 7.77. The summed E-state index contributed by atoms with van der Waals surface area (Å²) in [5, 5.41) is 5.31. The highest BCUT2D eigenvalue weighted by Gasteiger charge is 2.14. The zero-order valence-corrected chi connectivity index (χ0v) is 13.6. The van der Waals surface area contributed by atoms with Crippen LogP contribution in [0.4, 0.5) is 5.69 Å². The van der Waals surface area contributed by atoms with Crippen molar-refractivity contribution in [1.29, 1.82) is 0 Å². The molecule has 2 aromatic carbocycles. The monoisotopic (exact) mass is 310 g/mol. The van der Waals surface area contributed by atoms with Crippen LogP contribution in [0.5, 0.6) is 0 Å². The molecule has 0 fully saturated rings. The Morgan fingerprint density at radius 2 is 1.65 bits per heavy atom. The second-order valence-electron chi connectivity index (χ2n) is 5.55. The van der Waals surface area contributed by atoms with Crippen LogP contribution >= 0.6 is 0 Å². The lowest BCUT2D eigenvalue weighted by Crippen LogP contribution is -2.36. The maximum atomic E-state index is 11.9. The van der Waals surface area contributed by atoms with Crippen LogP contribution in [-0.4, -0.2) is 18.4 Å². The van der Waals surface area contributed by atoms with Crippen molar-refractivity contribution in [3.8, 4) is 0 Å². The Morgan fingerprint density at radius 3 is 2.39 bits per heavy atom. The second-order valence-corrected chi connectivity index (χ2v) is 5.55. The molecule has 0 spiro atoms. The summed E-state index contributed by atoms with van der Waals surface area (Å²) in [5.41, 5.74) is 3.94. The normalized spacial score (nSPS) is 10.2. The fraction of sp³-hybridized carbons (Fsp3) is 0.263. The predicted octanol–water partition coefficient (Wildman–Crippen LogP) is 2.99. The van der Waals surface area contributed by atoms with Crippen LogP contribution in [0.15, 0.2) is 48.5 Å². The van der Waals surface area contributed by atoms with Crippen LogP contribution in [0, 0.1) is 13.8 Å². The maximum absolute atomic E-state index is 11.9. The van der Waals surface area contributed by atoms with Gasteiger partial charge in [0.1, 0.15) is 0 Å². The lowest BCUT2D eigenvalue weighted by atomic mass is 10.1. The third kappa shape index (κ3) is 4.95. The lowest BCUT2D eigenvalue weighted by molar-refractivity contribution is -0.136. The minimum absolute atomic E-state index is 0.480. The molecule has 0 bridgehead atoms. The van der Waals surface area contributed by atoms with E-state index < -0.39 is 11.8 Å². The van der Waals surface area contributed by atoms with E-state index in [1.165, 1.54) is 5.56 Å². The number of anilines is 1. The molecule has 4 heteroatoms. The van der Waals surface area contributed by atoms with Crippen LogP contribution in [0.1, 0.15) is 23.1 Å². The van der Waals surface area contributed by atoms with Crippen molar-refractivity contribution in [2.75, 3.05) is 11.9 Å². The smallest absolute Gasteiger partial charge is 0.313 e. The van der Waals surface area contributed by atoms with Gasteiger partial charge in [0, 0.05) is 12.2 Å². The molecule has 0 aromatic heterocycles. The van der Waals surface area contributed by atoms with E-state index in [1.54, 1.807) is 6.07 Å². The molecule has 0 heterocycles. The van der Waals surface area contributed by atoms with Gasteiger partial charge in [-0.2, -0.15) is 0 Å². The largest absolute Gasteiger partial charge is 0.348 e. The minimum Gasteiger partial charge on any atom is -0.348 e. The Bertz CT molecular complexity index is 681. The summed E-state index contributed by atoms with van der Waals surface area (Å²) in [6.45, 7) is 4.37. The number of benzene rings is 2. The number of carbonyl (C=O) groups excluding carboxylic acids is 2. The first-order valence-corrected chi connectivity index (χ1v) is 7.77. The minimum atomic E-state index is -0.626. The van der Waals surface area contributed by atoms with Gasteiger partial charge in [0.05, 0.1) is 0 Å². The summed E-state index contributed by atoms with van der Waals surface area (Å²) < 4.78 is 0. The Hall–Kier alpha value is -2.62. The summed E-state index contributed by atoms with van der Waals surface area (Å²) in [6.07, 6.45) is 1.67. The molecule has 2 rings (SSSR count). The maximum Gasteiger partial charge on any atom is 0.313 e. The number of carbonyl (C=O) groups is 2. The van der Waals surface area contributed by atoms with Crippen LogP contribution in [-0.2, 0) is 16.0 Å². The third-order valence-electron chi connectivity index (χ3n) is 3.83. The van der Waals surface area contributed by atoms with Gasteiger partial charge >= 0.3 is 11.8 Å². The van der Waals surface area contributed by atoms with Gasteiger partial charge in [0.2, 0.25) is 0 Å². The van der Waals surface area contributed by atoms with E-state index in [1.807, 2.05) is 44.2 Å². The average molecular weight is 310 g/mol. The number of hydrogen-bond acceptors (Lipinski definition) is 2. The third-order valence-corrected chi connectivity index (χ3v) is 3.83. The lowest BCUT2D eigenvalue weighted by Gasteiger charge is -2.10. The van der Waals surface area contributed by atoms with Crippen molar-refractivity contribution in [3.05, 3.63) is 65.2 Å². The quantitative estimate of drug-likeness (QED) is 0.659. The van der Waals surface area contributed by atoms with E-state index in [0.29, 0.717) is 12.2 Å². The highest BCUT2D eigenvalue weighted by molar-refractivity contribution is 6.39. The van der Waals surface area contributed by atoms with Crippen molar-refractivity contribution in [2.45, 2.75) is 26.7 Å². The summed E-state index contributed by atoms with van der Waals surface area (Å²) in [4.78, 5) is 23.7. The molecule has 4 nitrogen and oxygen atoms in total. The van der Waals surface area contributed by atoms with Crippen LogP contribution in [0.3, 0.4) is 0 Å². The summed E-state index contributed by atoms with van der Waals surface area (Å²) in [7, 11) is 0. The van der Waals surface area contributed by atoms with Crippen LogP contribution < -0.4 is 10.6 Å². The van der Waals surface area contributed by atoms with E-state index in [9.17, 15) is 9.59 Å². The van der Waals surface area contributed by atoms with Crippen molar-refractivity contribution < 1.29 is 9.59 Å². The van der Waals surface area contributed by atoms with E-state index in [4.69, 9.17) is 0 Å². The van der Waals surface area contributed by atoms with Crippen LogP contribution in [0.2, 0.25) is 0 Å². The molecular weight excluding hydrogens is 288 g/mol.